The fourth-order valence-electron chi connectivity index (χ4n) is 1.56. The highest BCUT2D eigenvalue weighted by molar-refractivity contribution is 6.31. The molecule has 3 N–H and O–H groups in total. The van der Waals surface area contributed by atoms with E-state index in [1.54, 1.807) is 24.3 Å². The van der Waals surface area contributed by atoms with Crippen molar-refractivity contribution in [3.63, 3.8) is 0 Å². The number of hydrogen-bond acceptors (Lipinski definition) is 4. The van der Waals surface area contributed by atoms with E-state index < -0.39 is 0 Å². The van der Waals surface area contributed by atoms with Crippen LogP contribution in [0.2, 0.25) is 5.02 Å². The maximum atomic E-state index is 12.1. The molecule has 0 fully saturated rings. The highest BCUT2D eigenvalue weighted by atomic mass is 35.5. The second-order valence-electron chi connectivity index (χ2n) is 3.76. The average Bonchev–Trinajstić information content (AvgIpc) is 2.39. The molecule has 1 heterocycles. The van der Waals surface area contributed by atoms with Crippen LogP contribution >= 0.6 is 11.6 Å². The smallest absolute Gasteiger partial charge is 0.259 e. The average molecular weight is 278 g/mol. The minimum Gasteiger partial charge on any atom is -0.495 e. The number of benzene rings is 1. The Bertz CT molecular complexity index is 617. The molecule has 0 saturated heterocycles. The summed E-state index contributed by atoms with van der Waals surface area (Å²) in [6.07, 6.45) is 2.92. The van der Waals surface area contributed by atoms with Gasteiger partial charge in [-0.3, -0.25) is 9.78 Å². The van der Waals surface area contributed by atoms with E-state index in [9.17, 15) is 4.79 Å². The van der Waals surface area contributed by atoms with Crippen molar-refractivity contribution in [3.8, 4) is 5.75 Å². The molecular weight excluding hydrogens is 266 g/mol. The summed E-state index contributed by atoms with van der Waals surface area (Å²) in [5, 5.41) is 3.19. The molecule has 0 saturated carbocycles. The zero-order valence-corrected chi connectivity index (χ0v) is 10.9. The van der Waals surface area contributed by atoms with Crippen LogP contribution in [0.1, 0.15) is 10.4 Å². The van der Waals surface area contributed by atoms with Crippen molar-refractivity contribution in [2.24, 2.45) is 0 Å². The van der Waals surface area contributed by atoms with Crippen molar-refractivity contribution in [3.05, 3.63) is 47.2 Å². The van der Waals surface area contributed by atoms with Crippen LogP contribution in [0.3, 0.4) is 0 Å². The fourth-order valence-corrected chi connectivity index (χ4v) is 1.73. The van der Waals surface area contributed by atoms with Gasteiger partial charge in [-0.1, -0.05) is 11.6 Å². The number of rotatable bonds is 3. The second-order valence-corrected chi connectivity index (χ2v) is 4.20. The summed E-state index contributed by atoms with van der Waals surface area (Å²) >= 11 is 5.89. The van der Waals surface area contributed by atoms with Gasteiger partial charge < -0.3 is 15.8 Å². The van der Waals surface area contributed by atoms with Crippen molar-refractivity contribution in [2.45, 2.75) is 0 Å². The van der Waals surface area contributed by atoms with Gasteiger partial charge in [0.25, 0.3) is 5.91 Å². The van der Waals surface area contributed by atoms with Crippen LogP contribution in [-0.4, -0.2) is 18.0 Å². The summed E-state index contributed by atoms with van der Waals surface area (Å²) in [7, 11) is 1.51. The molecule has 0 spiro atoms. The Balaban J connectivity index is 2.29. The predicted molar refractivity (Wildman–Crippen MR) is 74.6 cm³/mol. The molecule has 2 aromatic rings. The van der Waals surface area contributed by atoms with E-state index >= 15 is 0 Å². The standard InChI is InChI=1S/C13H12ClN3O2/c1-19-12-3-2-8(14)6-11(12)17-13(18)9-7-16-5-4-10(9)15/h2-7H,1H3,(H2,15,16)(H,17,18). The van der Waals surface area contributed by atoms with Gasteiger partial charge in [-0.15, -0.1) is 0 Å². The number of anilines is 2. The van der Waals surface area contributed by atoms with Gasteiger partial charge in [0.15, 0.2) is 0 Å². The highest BCUT2D eigenvalue weighted by Gasteiger charge is 2.12. The number of nitrogens with two attached hydrogens (primary N) is 1. The van der Waals surface area contributed by atoms with E-state index in [0.717, 1.165) is 0 Å². The third kappa shape index (κ3) is 2.95. The number of hydrogen-bond donors (Lipinski definition) is 2. The summed E-state index contributed by atoms with van der Waals surface area (Å²) in [6, 6.07) is 6.51. The van der Waals surface area contributed by atoms with E-state index in [1.807, 2.05) is 0 Å². The van der Waals surface area contributed by atoms with Crippen molar-refractivity contribution in [1.82, 2.24) is 4.98 Å². The second kappa shape index (κ2) is 5.58. The first-order valence-corrected chi connectivity index (χ1v) is 5.84. The van der Waals surface area contributed by atoms with Crippen molar-refractivity contribution >= 4 is 28.9 Å². The van der Waals surface area contributed by atoms with Crippen LogP contribution < -0.4 is 15.8 Å². The lowest BCUT2D eigenvalue weighted by atomic mass is 10.2. The van der Waals surface area contributed by atoms with Crippen LogP contribution in [0.5, 0.6) is 5.75 Å². The third-order valence-corrected chi connectivity index (χ3v) is 2.74. The number of carbonyl (C=O) groups is 1. The van der Waals surface area contributed by atoms with E-state index in [4.69, 9.17) is 22.1 Å². The number of methoxy groups -OCH3 is 1. The van der Waals surface area contributed by atoms with E-state index in [0.29, 0.717) is 27.7 Å². The fraction of sp³-hybridized carbons (Fsp3) is 0.0769. The van der Waals surface area contributed by atoms with Crippen LogP contribution in [0.15, 0.2) is 36.7 Å². The minimum atomic E-state index is -0.369. The maximum Gasteiger partial charge on any atom is 0.259 e. The molecule has 0 bridgehead atoms. The summed E-state index contributed by atoms with van der Waals surface area (Å²) in [4.78, 5) is 16.0. The SMILES string of the molecule is COc1ccc(Cl)cc1NC(=O)c1cnccc1N. The van der Waals surface area contributed by atoms with E-state index in [1.165, 1.54) is 19.5 Å². The normalized spacial score (nSPS) is 10.0. The Kier molecular flexibility index (Phi) is 3.87. The van der Waals surface area contributed by atoms with Crippen molar-refractivity contribution in [1.29, 1.82) is 0 Å². The molecular formula is C13H12ClN3O2. The van der Waals surface area contributed by atoms with Gasteiger partial charge in [0.05, 0.1) is 18.4 Å². The molecule has 0 atom stereocenters. The lowest BCUT2D eigenvalue weighted by Gasteiger charge is -2.11. The molecule has 5 nitrogen and oxygen atoms in total. The van der Waals surface area contributed by atoms with Gasteiger partial charge in [0.1, 0.15) is 5.75 Å². The van der Waals surface area contributed by atoms with Crippen LogP contribution in [-0.2, 0) is 0 Å². The predicted octanol–water partition coefficient (Wildman–Crippen LogP) is 2.58. The van der Waals surface area contributed by atoms with E-state index in [-0.39, 0.29) is 5.91 Å². The Morgan fingerprint density at radius 3 is 2.89 bits per heavy atom. The molecule has 0 aliphatic heterocycles. The Labute approximate surface area is 115 Å². The first-order chi connectivity index (χ1) is 9.11. The number of carbonyl (C=O) groups excluding carboxylic acids is 1. The first-order valence-electron chi connectivity index (χ1n) is 5.46. The van der Waals surface area contributed by atoms with Gasteiger partial charge in [-0.2, -0.15) is 0 Å². The zero-order chi connectivity index (χ0) is 13.8. The largest absolute Gasteiger partial charge is 0.495 e. The number of ether oxygens (including phenoxy) is 1. The summed E-state index contributed by atoms with van der Waals surface area (Å²) in [5.74, 6) is 0.145. The lowest BCUT2D eigenvalue weighted by molar-refractivity contribution is 0.102. The maximum absolute atomic E-state index is 12.1. The number of nitrogens with one attached hydrogen (secondary N) is 1. The minimum absolute atomic E-state index is 0.296. The Morgan fingerprint density at radius 1 is 1.42 bits per heavy atom. The number of nitrogens with zero attached hydrogens (tertiary/aromatic N) is 1. The molecule has 6 heteroatoms. The molecule has 0 aliphatic carbocycles. The quantitative estimate of drug-likeness (QED) is 0.904. The lowest BCUT2D eigenvalue weighted by Crippen LogP contribution is -2.14. The number of aromatic nitrogens is 1. The molecule has 0 aliphatic rings. The Morgan fingerprint density at radius 2 is 2.21 bits per heavy atom. The van der Waals surface area contributed by atoms with Crippen LogP contribution in [0.4, 0.5) is 11.4 Å². The van der Waals surface area contributed by atoms with Crippen LogP contribution in [0, 0.1) is 0 Å². The number of nitrogen functional groups attached to an aromatic ring is 1. The molecule has 2 rings (SSSR count). The third-order valence-electron chi connectivity index (χ3n) is 2.51. The topological polar surface area (TPSA) is 77.2 Å². The van der Waals surface area contributed by atoms with Gasteiger partial charge in [-0.25, -0.2) is 0 Å². The van der Waals surface area contributed by atoms with Crippen molar-refractivity contribution in [2.75, 3.05) is 18.2 Å². The Hall–Kier alpha value is -2.27. The van der Waals surface area contributed by atoms with Gasteiger partial charge >= 0.3 is 0 Å². The first kappa shape index (κ1) is 13.2. The van der Waals surface area contributed by atoms with E-state index in [2.05, 4.69) is 10.3 Å². The molecule has 0 radical (unpaired) electrons. The molecule has 1 aromatic carbocycles. The molecule has 1 amide bonds. The zero-order valence-electron chi connectivity index (χ0n) is 10.2. The molecule has 0 unspecified atom stereocenters. The molecule has 98 valence electrons. The van der Waals surface area contributed by atoms with Crippen LogP contribution in [0.25, 0.3) is 0 Å². The van der Waals surface area contributed by atoms with Crippen molar-refractivity contribution < 1.29 is 9.53 Å². The summed E-state index contributed by atoms with van der Waals surface area (Å²) in [6.45, 7) is 0. The summed E-state index contributed by atoms with van der Waals surface area (Å²) < 4.78 is 5.15. The summed E-state index contributed by atoms with van der Waals surface area (Å²) in [5.41, 5.74) is 6.84. The number of halogens is 1. The number of pyridine rings is 1. The monoisotopic (exact) mass is 277 g/mol. The molecule has 1 aromatic heterocycles. The van der Waals surface area contributed by atoms with Gasteiger partial charge in [0, 0.05) is 23.1 Å². The van der Waals surface area contributed by atoms with Gasteiger partial charge in [-0.05, 0) is 24.3 Å². The highest BCUT2D eigenvalue weighted by Crippen LogP contribution is 2.28. The van der Waals surface area contributed by atoms with Gasteiger partial charge in [0.2, 0.25) is 0 Å². The number of amides is 1. The molecule has 19 heavy (non-hydrogen) atoms.